The Morgan fingerprint density at radius 2 is 1.68 bits per heavy atom. The van der Waals surface area contributed by atoms with Gasteiger partial charge in [0.05, 0.1) is 26.2 Å². The van der Waals surface area contributed by atoms with Crippen LogP contribution >= 0.6 is 0 Å². The molecule has 0 saturated carbocycles. The molecule has 8 nitrogen and oxygen atoms in total. The maximum atomic E-state index is 13.5. The Morgan fingerprint density at radius 1 is 0.974 bits per heavy atom. The van der Waals surface area contributed by atoms with Gasteiger partial charge >= 0.3 is 5.97 Å². The number of nitrogens with zero attached hydrogens (tertiary/aromatic N) is 2. The average molecular weight is 517 g/mol. The summed E-state index contributed by atoms with van der Waals surface area (Å²) in [7, 11) is 3.39. The highest BCUT2D eigenvalue weighted by atomic mass is 16.7. The van der Waals surface area contributed by atoms with Crippen molar-refractivity contribution in [2.24, 2.45) is 5.92 Å². The summed E-state index contributed by atoms with van der Waals surface area (Å²) < 4.78 is 22.1. The molecule has 0 spiro atoms. The van der Waals surface area contributed by atoms with Crippen molar-refractivity contribution in [3.05, 3.63) is 83.9 Å². The van der Waals surface area contributed by atoms with E-state index in [9.17, 15) is 9.59 Å². The molecular weight excluding hydrogens is 484 g/mol. The highest BCUT2D eigenvalue weighted by molar-refractivity contribution is 5.94. The number of benzene rings is 3. The van der Waals surface area contributed by atoms with Crippen LogP contribution in [0.2, 0.25) is 0 Å². The third kappa shape index (κ3) is 5.04. The molecule has 3 aromatic carbocycles. The van der Waals surface area contributed by atoms with E-state index < -0.39 is 5.92 Å². The molecular formula is C30H32N2O6. The van der Waals surface area contributed by atoms with Gasteiger partial charge in [-0.3, -0.25) is 14.5 Å². The van der Waals surface area contributed by atoms with E-state index in [1.807, 2.05) is 72.8 Å². The number of likely N-dealkylation sites (tertiary alicyclic amines) is 1. The largest absolute Gasteiger partial charge is 0.497 e. The van der Waals surface area contributed by atoms with Gasteiger partial charge in [-0.25, -0.2) is 0 Å². The van der Waals surface area contributed by atoms with E-state index in [4.69, 9.17) is 18.9 Å². The normalized spacial score (nSPS) is 20.2. The zero-order valence-corrected chi connectivity index (χ0v) is 21.8. The number of ether oxygens (including phenoxy) is 4. The summed E-state index contributed by atoms with van der Waals surface area (Å²) in [6.07, 6.45) is 0. The second-order valence-corrected chi connectivity index (χ2v) is 9.43. The highest BCUT2D eigenvalue weighted by Gasteiger charge is 2.49. The van der Waals surface area contributed by atoms with E-state index in [1.165, 1.54) is 0 Å². The van der Waals surface area contributed by atoms with Gasteiger partial charge in [0.1, 0.15) is 5.75 Å². The number of likely N-dealkylation sites (N-methyl/N-ethyl adjacent to an activating group) is 1. The number of anilines is 1. The summed E-state index contributed by atoms with van der Waals surface area (Å²) in [6.45, 7) is 2.88. The van der Waals surface area contributed by atoms with Crippen LogP contribution in [0.15, 0.2) is 72.8 Å². The molecule has 1 amide bonds. The zero-order valence-electron chi connectivity index (χ0n) is 21.8. The SMILES string of the molecule is CCOC(=O)[C@@H]1[C@@H](c2ccc3c(c2)OCO3)CN(CC(=O)N(C)c2ccccc2)[C@H]1c1ccc(OC)cc1. The molecule has 0 radical (unpaired) electrons. The molecule has 2 aliphatic heterocycles. The lowest BCUT2D eigenvalue weighted by atomic mass is 9.82. The minimum Gasteiger partial charge on any atom is -0.497 e. The molecule has 1 fully saturated rings. The Kier molecular flexibility index (Phi) is 7.51. The molecule has 5 rings (SSSR count). The lowest BCUT2D eigenvalue weighted by Gasteiger charge is -2.29. The van der Waals surface area contributed by atoms with Crippen LogP contribution in [0.5, 0.6) is 17.2 Å². The lowest BCUT2D eigenvalue weighted by Crippen LogP contribution is -2.39. The van der Waals surface area contributed by atoms with Gasteiger partial charge in [-0.1, -0.05) is 36.4 Å². The van der Waals surface area contributed by atoms with Gasteiger partial charge in [-0.15, -0.1) is 0 Å². The Hall–Kier alpha value is -4.04. The number of hydrogen-bond donors (Lipinski definition) is 0. The Labute approximate surface area is 222 Å². The molecule has 198 valence electrons. The summed E-state index contributed by atoms with van der Waals surface area (Å²) in [5.74, 6) is 0.959. The van der Waals surface area contributed by atoms with Crippen molar-refractivity contribution in [3.63, 3.8) is 0 Å². The first-order valence-corrected chi connectivity index (χ1v) is 12.8. The van der Waals surface area contributed by atoms with Crippen LogP contribution in [-0.2, 0) is 14.3 Å². The maximum Gasteiger partial charge on any atom is 0.311 e. The minimum absolute atomic E-state index is 0.0661. The van der Waals surface area contributed by atoms with Crippen LogP contribution in [0.4, 0.5) is 5.69 Å². The van der Waals surface area contributed by atoms with Gasteiger partial charge in [0.2, 0.25) is 12.7 Å². The van der Waals surface area contributed by atoms with E-state index in [-0.39, 0.29) is 43.8 Å². The molecule has 0 aromatic heterocycles. The smallest absolute Gasteiger partial charge is 0.311 e. The van der Waals surface area contributed by atoms with Crippen molar-refractivity contribution in [1.82, 2.24) is 4.90 Å². The second-order valence-electron chi connectivity index (χ2n) is 9.43. The Morgan fingerprint density at radius 3 is 2.39 bits per heavy atom. The number of carbonyl (C=O) groups excluding carboxylic acids is 2. The molecule has 3 aromatic rings. The van der Waals surface area contributed by atoms with Crippen LogP contribution in [0.1, 0.15) is 30.0 Å². The average Bonchev–Trinajstić information content (AvgIpc) is 3.57. The van der Waals surface area contributed by atoms with Crippen LogP contribution in [0, 0.1) is 5.92 Å². The minimum atomic E-state index is -0.529. The van der Waals surface area contributed by atoms with Crippen molar-refractivity contribution < 1.29 is 28.5 Å². The van der Waals surface area contributed by atoms with Crippen LogP contribution in [0.3, 0.4) is 0 Å². The van der Waals surface area contributed by atoms with E-state index in [0.29, 0.717) is 18.0 Å². The lowest BCUT2D eigenvalue weighted by molar-refractivity contribution is -0.149. The number of para-hydroxylation sites is 1. The highest BCUT2D eigenvalue weighted by Crippen LogP contribution is 2.48. The van der Waals surface area contributed by atoms with Crippen molar-refractivity contribution >= 4 is 17.6 Å². The molecule has 0 unspecified atom stereocenters. The molecule has 8 heteroatoms. The van der Waals surface area contributed by atoms with Crippen LogP contribution < -0.4 is 19.1 Å². The number of rotatable bonds is 8. The molecule has 0 N–H and O–H groups in total. The van der Waals surface area contributed by atoms with E-state index >= 15 is 0 Å². The summed E-state index contributed by atoms with van der Waals surface area (Å²) in [5, 5.41) is 0. The van der Waals surface area contributed by atoms with Crippen LogP contribution in [-0.4, -0.2) is 57.4 Å². The summed E-state index contributed by atoms with van der Waals surface area (Å²) in [5.41, 5.74) is 2.67. The Balaban J connectivity index is 1.53. The van der Waals surface area contributed by atoms with Gasteiger partial charge < -0.3 is 23.8 Å². The predicted octanol–water partition coefficient (Wildman–Crippen LogP) is 4.41. The van der Waals surface area contributed by atoms with Gasteiger partial charge in [0.25, 0.3) is 0 Å². The molecule has 0 aliphatic carbocycles. The first-order chi connectivity index (χ1) is 18.5. The van der Waals surface area contributed by atoms with Gasteiger partial charge in [-0.05, 0) is 54.4 Å². The third-order valence-electron chi connectivity index (χ3n) is 7.30. The molecule has 0 bridgehead atoms. The fourth-order valence-corrected chi connectivity index (χ4v) is 5.37. The zero-order chi connectivity index (χ0) is 26.6. The van der Waals surface area contributed by atoms with E-state index in [0.717, 1.165) is 22.6 Å². The third-order valence-corrected chi connectivity index (χ3v) is 7.30. The second kappa shape index (κ2) is 11.1. The first kappa shape index (κ1) is 25.6. The predicted molar refractivity (Wildman–Crippen MR) is 143 cm³/mol. The summed E-state index contributed by atoms with van der Waals surface area (Å²) >= 11 is 0. The van der Waals surface area contributed by atoms with Crippen molar-refractivity contribution in [2.75, 3.05) is 45.5 Å². The molecule has 38 heavy (non-hydrogen) atoms. The molecule has 3 atom stereocenters. The number of methoxy groups -OCH3 is 1. The fourth-order valence-electron chi connectivity index (χ4n) is 5.37. The summed E-state index contributed by atoms with van der Waals surface area (Å²) in [6, 6.07) is 22.6. The standard InChI is InChI=1S/C30H32N2O6/c1-4-36-30(34)28-24(21-12-15-25-26(16-21)38-19-37-25)17-32(29(28)20-10-13-23(35-3)14-11-20)18-27(33)31(2)22-8-6-5-7-9-22/h5-16,24,28-29H,4,17-19H2,1-3H3/t24-,28-,29+/m1/s1. The summed E-state index contributed by atoms with van der Waals surface area (Å²) in [4.78, 5) is 30.8. The monoisotopic (exact) mass is 516 g/mol. The number of hydrogen-bond acceptors (Lipinski definition) is 7. The van der Waals surface area contributed by atoms with Crippen LogP contribution in [0.25, 0.3) is 0 Å². The molecule has 2 heterocycles. The van der Waals surface area contributed by atoms with Gasteiger partial charge in [-0.2, -0.15) is 0 Å². The topological polar surface area (TPSA) is 77.5 Å². The molecule has 2 aliphatic rings. The van der Waals surface area contributed by atoms with Crippen molar-refractivity contribution in [2.45, 2.75) is 18.9 Å². The number of fused-ring (bicyclic) bond motifs is 1. The first-order valence-electron chi connectivity index (χ1n) is 12.8. The number of carbonyl (C=O) groups is 2. The van der Waals surface area contributed by atoms with Gasteiger partial charge in [0.15, 0.2) is 11.5 Å². The Bertz CT molecular complexity index is 1280. The fraction of sp³-hybridized carbons (Fsp3) is 0.333. The van der Waals surface area contributed by atoms with Crippen molar-refractivity contribution in [1.29, 1.82) is 0 Å². The van der Waals surface area contributed by atoms with E-state index in [2.05, 4.69) is 4.90 Å². The van der Waals surface area contributed by atoms with Crippen molar-refractivity contribution in [3.8, 4) is 17.2 Å². The maximum absolute atomic E-state index is 13.5. The molecule has 1 saturated heterocycles. The van der Waals surface area contributed by atoms with Gasteiger partial charge in [0, 0.05) is 31.2 Å². The number of amides is 1. The quantitative estimate of drug-likeness (QED) is 0.411. The van der Waals surface area contributed by atoms with E-state index in [1.54, 1.807) is 26.0 Å². The number of esters is 1.